The van der Waals surface area contributed by atoms with Gasteiger partial charge in [-0.1, -0.05) is 61.7 Å². The normalized spacial score (nSPS) is 18.0. The summed E-state index contributed by atoms with van der Waals surface area (Å²) < 4.78 is 28.3. The lowest BCUT2D eigenvalue weighted by molar-refractivity contribution is -0.133. The number of carbonyl (C=O) groups is 1. The molecular weight excluding hydrogens is 364 g/mol. The highest BCUT2D eigenvalue weighted by atomic mass is 32.2. The van der Waals surface area contributed by atoms with Gasteiger partial charge in [-0.25, -0.2) is 13.1 Å². The molecule has 2 aromatic carbocycles. The van der Waals surface area contributed by atoms with Crippen molar-refractivity contribution in [1.29, 1.82) is 0 Å². The van der Waals surface area contributed by atoms with Crippen LogP contribution in [-0.2, 0) is 20.4 Å². The highest BCUT2D eigenvalue weighted by Gasteiger charge is 2.38. The third kappa shape index (κ3) is 4.05. The number of amides is 1. The van der Waals surface area contributed by atoms with Gasteiger partial charge in [0, 0.05) is 6.04 Å². The minimum absolute atomic E-state index is 0.00109. The second-order valence-electron chi connectivity index (χ2n) is 6.92. The summed E-state index contributed by atoms with van der Waals surface area (Å²) in [6.07, 6.45) is 4.75. The zero-order valence-electron chi connectivity index (χ0n) is 15.0. The van der Waals surface area contributed by atoms with Crippen LogP contribution < -0.4 is 10.5 Å². The van der Waals surface area contributed by atoms with Gasteiger partial charge in [-0.15, -0.1) is 0 Å². The van der Waals surface area contributed by atoms with Crippen molar-refractivity contribution in [2.24, 2.45) is 5.73 Å². The molecule has 6 nitrogen and oxygen atoms in total. The van der Waals surface area contributed by atoms with Crippen LogP contribution in [0.5, 0.6) is 0 Å². The summed E-state index contributed by atoms with van der Waals surface area (Å²) in [5, 5.41) is 11.1. The van der Waals surface area contributed by atoms with E-state index >= 15 is 0 Å². The Kier molecular flexibility index (Phi) is 5.64. The van der Waals surface area contributed by atoms with E-state index in [0.29, 0.717) is 0 Å². The first kappa shape index (κ1) is 19.5. The van der Waals surface area contributed by atoms with Crippen molar-refractivity contribution >= 4 is 15.9 Å². The van der Waals surface area contributed by atoms with E-state index in [9.17, 15) is 18.3 Å². The van der Waals surface area contributed by atoms with Crippen LogP contribution in [-0.4, -0.2) is 25.5 Å². The molecule has 27 heavy (non-hydrogen) atoms. The van der Waals surface area contributed by atoms with Crippen molar-refractivity contribution in [2.75, 3.05) is 0 Å². The Bertz CT molecular complexity index is 909. The number of sulfonamides is 1. The molecule has 0 radical (unpaired) electrons. The molecule has 144 valence electrons. The topological polar surface area (TPSA) is 109 Å². The Hall–Kier alpha value is -2.22. The molecule has 0 aliphatic heterocycles. The predicted molar refractivity (Wildman–Crippen MR) is 102 cm³/mol. The lowest BCUT2D eigenvalue weighted by Crippen LogP contribution is -2.42. The van der Waals surface area contributed by atoms with Crippen LogP contribution in [0, 0.1) is 0 Å². The average molecular weight is 388 g/mol. The van der Waals surface area contributed by atoms with Gasteiger partial charge in [-0.2, -0.15) is 0 Å². The first-order valence-electron chi connectivity index (χ1n) is 9.05. The molecule has 1 unspecified atom stereocenters. The SMILES string of the molecule is NC(=O)C(O)(c1ccccc1)c1cccc(S(=O)(=O)NC2CCCCC2)c1. The maximum Gasteiger partial charge on any atom is 0.258 e. The third-order valence-electron chi connectivity index (χ3n) is 5.04. The molecule has 7 heteroatoms. The van der Waals surface area contributed by atoms with E-state index in [-0.39, 0.29) is 22.1 Å². The zero-order valence-corrected chi connectivity index (χ0v) is 15.8. The number of carbonyl (C=O) groups excluding carboxylic acids is 1. The van der Waals surface area contributed by atoms with Crippen molar-refractivity contribution in [2.45, 2.75) is 48.6 Å². The molecule has 1 fully saturated rings. The van der Waals surface area contributed by atoms with Crippen LogP contribution in [0.4, 0.5) is 0 Å². The minimum atomic E-state index is -3.76. The van der Waals surface area contributed by atoms with Gasteiger partial charge in [0.2, 0.25) is 10.0 Å². The number of benzene rings is 2. The third-order valence-corrected chi connectivity index (χ3v) is 6.56. The molecule has 1 aliphatic rings. The maximum absolute atomic E-state index is 12.8. The lowest BCUT2D eigenvalue weighted by atomic mass is 9.86. The van der Waals surface area contributed by atoms with Gasteiger partial charge >= 0.3 is 0 Å². The molecule has 3 rings (SSSR count). The van der Waals surface area contributed by atoms with Crippen LogP contribution in [0.2, 0.25) is 0 Å². The highest BCUT2D eigenvalue weighted by Crippen LogP contribution is 2.31. The van der Waals surface area contributed by atoms with Gasteiger partial charge in [0.15, 0.2) is 5.60 Å². The monoisotopic (exact) mass is 388 g/mol. The second kappa shape index (κ2) is 7.80. The van der Waals surface area contributed by atoms with Gasteiger partial charge in [0.05, 0.1) is 4.90 Å². The van der Waals surface area contributed by atoms with Gasteiger partial charge in [0.25, 0.3) is 5.91 Å². The standard InChI is InChI=1S/C20H24N2O4S/c21-19(23)20(24,15-8-3-1-4-9-15)16-10-7-13-18(14-16)27(25,26)22-17-11-5-2-6-12-17/h1,3-4,7-10,13-14,17,22,24H,2,5-6,11-12H2,(H2,21,23). The highest BCUT2D eigenvalue weighted by molar-refractivity contribution is 7.89. The van der Waals surface area contributed by atoms with Gasteiger partial charge in [-0.05, 0) is 36.1 Å². The Labute approximate surface area is 159 Å². The summed E-state index contributed by atoms with van der Waals surface area (Å²) in [7, 11) is -3.76. The summed E-state index contributed by atoms with van der Waals surface area (Å²) >= 11 is 0. The van der Waals surface area contributed by atoms with Crippen LogP contribution in [0.25, 0.3) is 0 Å². The molecule has 1 amide bonds. The number of hydrogen-bond acceptors (Lipinski definition) is 4. The molecule has 1 atom stereocenters. The summed E-state index contributed by atoms with van der Waals surface area (Å²) in [5.74, 6) is -0.969. The largest absolute Gasteiger partial charge is 0.372 e. The number of primary amides is 1. The van der Waals surface area contributed by atoms with E-state index in [1.165, 1.54) is 24.3 Å². The molecule has 0 bridgehead atoms. The maximum atomic E-state index is 12.8. The fraction of sp³-hybridized carbons (Fsp3) is 0.350. The van der Waals surface area contributed by atoms with E-state index < -0.39 is 21.5 Å². The molecule has 0 saturated heterocycles. The van der Waals surface area contributed by atoms with E-state index in [2.05, 4.69) is 4.72 Å². The van der Waals surface area contributed by atoms with Crippen LogP contribution in [0.1, 0.15) is 43.2 Å². The lowest BCUT2D eigenvalue weighted by Gasteiger charge is -2.26. The Morgan fingerprint density at radius 2 is 1.63 bits per heavy atom. The first-order valence-corrected chi connectivity index (χ1v) is 10.5. The number of aliphatic hydroxyl groups is 1. The van der Waals surface area contributed by atoms with E-state index in [4.69, 9.17) is 5.73 Å². The van der Waals surface area contributed by atoms with Crippen molar-refractivity contribution in [3.8, 4) is 0 Å². The number of nitrogens with two attached hydrogens (primary N) is 1. The summed E-state index contributed by atoms with van der Waals surface area (Å²) in [4.78, 5) is 12.1. The minimum Gasteiger partial charge on any atom is -0.372 e. The Morgan fingerprint density at radius 3 is 2.26 bits per heavy atom. The fourth-order valence-corrected chi connectivity index (χ4v) is 4.88. The van der Waals surface area contributed by atoms with Crippen LogP contribution in [0.3, 0.4) is 0 Å². The van der Waals surface area contributed by atoms with E-state index in [0.717, 1.165) is 32.1 Å². The Morgan fingerprint density at radius 1 is 1.00 bits per heavy atom. The number of nitrogens with one attached hydrogen (secondary N) is 1. The molecule has 0 heterocycles. The van der Waals surface area contributed by atoms with Gasteiger partial charge < -0.3 is 10.8 Å². The van der Waals surface area contributed by atoms with Gasteiger partial charge in [-0.3, -0.25) is 4.79 Å². The molecule has 1 aliphatic carbocycles. The van der Waals surface area contributed by atoms with E-state index in [1.807, 2.05) is 0 Å². The molecule has 1 saturated carbocycles. The van der Waals surface area contributed by atoms with Crippen LogP contribution >= 0.6 is 0 Å². The van der Waals surface area contributed by atoms with Gasteiger partial charge in [0.1, 0.15) is 0 Å². The van der Waals surface area contributed by atoms with E-state index in [1.54, 1.807) is 30.3 Å². The Balaban J connectivity index is 1.97. The molecule has 0 spiro atoms. The summed E-state index contributed by atoms with van der Waals surface area (Å²) in [5.41, 5.74) is 3.78. The van der Waals surface area contributed by atoms with Crippen molar-refractivity contribution in [1.82, 2.24) is 4.72 Å². The quantitative estimate of drug-likeness (QED) is 0.703. The van der Waals surface area contributed by atoms with Crippen molar-refractivity contribution in [3.05, 3.63) is 65.7 Å². The number of rotatable bonds is 6. The van der Waals surface area contributed by atoms with Crippen molar-refractivity contribution < 1.29 is 18.3 Å². The zero-order chi connectivity index (χ0) is 19.5. The van der Waals surface area contributed by atoms with Crippen LogP contribution in [0.15, 0.2) is 59.5 Å². The first-order chi connectivity index (χ1) is 12.8. The molecular formula is C20H24N2O4S. The average Bonchev–Trinajstić information content (AvgIpc) is 2.68. The summed E-state index contributed by atoms with van der Waals surface area (Å²) in [6.45, 7) is 0. The fourth-order valence-electron chi connectivity index (χ4n) is 3.53. The summed E-state index contributed by atoms with van der Waals surface area (Å²) in [6, 6.07) is 13.9. The van der Waals surface area contributed by atoms with Crippen molar-refractivity contribution in [3.63, 3.8) is 0 Å². The number of hydrogen-bond donors (Lipinski definition) is 3. The molecule has 0 aromatic heterocycles. The molecule has 2 aromatic rings. The molecule has 4 N–H and O–H groups in total. The smallest absolute Gasteiger partial charge is 0.258 e. The predicted octanol–water partition coefficient (Wildman–Crippen LogP) is 2.02. The second-order valence-corrected chi connectivity index (χ2v) is 8.64.